The molecule has 102 valence electrons. The van der Waals surface area contributed by atoms with E-state index in [1.807, 2.05) is 31.2 Å². The number of ether oxygens (including phenoxy) is 1. The zero-order valence-corrected chi connectivity index (χ0v) is 10.7. The van der Waals surface area contributed by atoms with Gasteiger partial charge in [0.05, 0.1) is 26.0 Å². The summed E-state index contributed by atoms with van der Waals surface area (Å²) in [4.78, 5) is 0. The molecule has 0 aliphatic heterocycles. The highest BCUT2D eigenvalue weighted by Gasteiger charge is 2.14. The largest absolute Gasteiger partial charge is 0.493 e. The van der Waals surface area contributed by atoms with Crippen LogP contribution in [0.2, 0.25) is 0 Å². The van der Waals surface area contributed by atoms with Crippen LogP contribution in [-0.2, 0) is 13.2 Å². The highest BCUT2D eigenvalue weighted by Crippen LogP contribution is 2.25. The van der Waals surface area contributed by atoms with Gasteiger partial charge in [0.1, 0.15) is 17.5 Å². The average Bonchev–Trinajstić information content (AvgIpc) is 2.87. The molecule has 1 atom stereocenters. The SMILES string of the molecule is CCOc1ccccc1[C@H](O)Cn1cc(CO)nn1. The minimum atomic E-state index is -0.740. The van der Waals surface area contributed by atoms with E-state index < -0.39 is 6.10 Å². The molecule has 2 aromatic rings. The summed E-state index contributed by atoms with van der Waals surface area (Å²) in [6.45, 7) is 2.54. The maximum atomic E-state index is 10.2. The number of nitrogens with zero attached hydrogens (tertiary/aromatic N) is 3. The minimum absolute atomic E-state index is 0.161. The van der Waals surface area contributed by atoms with Gasteiger partial charge >= 0.3 is 0 Å². The van der Waals surface area contributed by atoms with Crippen LogP contribution in [0.25, 0.3) is 0 Å². The molecule has 0 saturated heterocycles. The van der Waals surface area contributed by atoms with Crippen LogP contribution in [0.3, 0.4) is 0 Å². The zero-order chi connectivity index (χ0) is 13.7. The van der Waals surface area contributed by atoms with E-state index >= 15 is 0 Å². The monoisotopic (exact) mass is 263 g/mol. The van der Waals surface area contributed by atoms with Gasteiger partial charge in [0, 0.05) is 5.56 Å². The summed E-state index contributed by atoms with van der Waals surface area (Å²) in [5.41, 5.74) is 1.19. The van der Waals surface area contributed by atoms with Gasteiger partial charge in [-0.05, 0) is 13.0 Å². The summed E-state index contributed by atoms with van der Waals surface area (Å²) < 4.78 is 6.98. The molecule has 6 heteroatoms. The van der Waals surface area contributed by atoms with Crippen molar-refractivity contribution in [2.45, 2.75) is 26.2 Å². The Morgan fingerprint density at radius 1 is 1.37 bits per heavy atom. The lowest BCUT2D eigenvalue weighted by molar-refractivity contribution is 0.145. The summed E-state index contributed by atoms with van der Waals surface area (Å²) in [6.07, 6.45) is 0.864. The van der Waals surface area contributed by atoms with Gasteiger partial charge in [-0.2, -0.15) is 0 Å². The molecule has 1 heterocycles. The Morgan fingerprint density at radius 3 is 2.84 bits per heavy atom. The fourth-order valence-electron chi connectivity index (χ4n) is 1.82. The average molecular weight is 263 g/mol. The summed E-state index contributed by atoms with van der Waals surface area (Å²) in [5, 5.41) is 26.7. The molecular formula is C13H17N3O3. The van der Waals surface area contributed by atoms with Crippen molar-refractivity contribution in [1.29, 1.82) is 0 Å². The van der Waals surface area contributed by atoms with Gasteiger partial charge in [0.15, 0.2) is 0 Å². The molecule has 0 aliphatic carbocycles. The van der Waals surface area contributed by atoms with Crippen LogP contribution in [0, 0.1) is 0 Å². The highest BCUT2D eigenvalue weighted by molar-refractivity contribution is 5.35. The van der Waals surface area contributed by atoms with Gasteiger partial charge in [-0.25, -0.2) is 4.68 Å². The van der Waals surface area contributed by atoms with Crippen LogP contribution in [0.4, 0.5) is 0 Å². The molecule has 0 unspecified atom stereocenters. The predicted octanol–water partition coefficient (Wildman–Crippen LogP) is 0.903. The van der Waals surface area contributed by atoms with Crippen LogP contribution in [0.15, 0.2) is 30.5 Å². The maximum absolute atomic E-state index is 10.2. The fourth-order valence-corrected chi connectivity index (χ4v) is 1.82. The van der Waals surface area contributed by atoms with Gasteiger partial charge in [0.25, 0.3) is 0 Å². The van der Waals surface area contributed by atoms with Crippen LogP contribution < -0.4 is 4.74 Å². The molecule has 0 bridgehead atoms. The van der Waals surface area contributed by atoms with Gasteiger partial charge in [-0.15, -0.1) is 5.10 Å². The van der Waals surface area contributed by atoms with Crippen molar-refractivity contribution < 1.29 is 14.9 Å². The van der Waals surface area contributed by atoms with Crippen LogP contribution in [0.1, 0.15) is 24.3 Å². The third-order valence-electron chi connectivity index (χ3n) is 2.69. The molecule has 6 nitrogen and oxygen atoms in total. The molecule has 1 aromatic heterocycles. The number of aliphatic hydroxyl groups excluding tert-OH is 2. The highest BCUT2D eigenvalue weighted by atomic mass is 16.5. The van der Waals surface area contributed by atoms with Crippen LogP contribution >= 0.6 is 0 Å². The first-order chi connectivity index (χ1) is 9.24. The Morgan fingerprint density at radius 2 is 2.16 bits per heavy atom. The van der Waals surface area contributed by atoms with Crippen LogP contribution in [-0.4, -0.2) is 31.8 Å². The van der Waals surface area contributed by atoms with Crippen molar-refractivity contribution in [1.82, 2.24) is 15.0 Å². The molecule has 1 aromatic carbocycles. The predicted molar refractivity (Wildman–Crippen MR) is 68.5 cm³/mol. The molecule has 0 saturated carbocycles. The third kappa shape index (κ3) is 3.30. The molecule has 0 radical (unpaired) electrons. The van der Waals surface area contributed by atoms with Gasteiger partial charge in [-0.1, -0.05) is 23.4 Å². The van der Waals surface area contributed by atoms with E-state index in [1.165, 1.54) is 4.68 Å². The Bertz CT molecular complexity index is 527. The molecule has 2 rings (SSSR count). The second-order valence-electron chi connectivity index (χ2n) is 4.08. The van der Waals surface area contributed by atoms with Crippen molar-refractivity contribution in [3.8, 4) is 5.75 Å². The number of benzene rings is 1. The molecule has 0 spiro atoms. The topological polar surface area (TPSA) is 80.4 Å². The number of hydrogen-bond donors (Lipinski definition) is 2. The van der Waals surface area contributed by atoms with Crippen molar-refractivity contribution in [2.75, 3.05) is 6.61 Å². The normalized spacial score (nSPS) is 12.4. The molecule has 0 aliphatic rings. The Kier molecular flexibility index (Phi) is 4.48. The summed E-state index contributed by atoms with van der Waals surface area (Å²) >= 11 is 0. The van der Waals surface area contributed by atoms with E-state index in [4.69, 9.17) is 9.84 Å². The minimum Gasteiger partial charge on any atom is -0.493 e. The number of aromatic nitrogens is 3. The maximum Gasteiger partial charge on any atom is 0.125 e. The van der Waals surface area contributed by atoms with E-state index in [9.17, 15) is 5.11 Å². The Hall–Kier alpha value is -1.92. The lowest BCUT2D eigenvalue weighted by atomic mass is 10.1. The quantitative estimate of drug-likeness (QED) is 0.809. The lowest BCUT2D eigenvalue weighted by Gasteiger charge is -2.15. The smallest absolute Gasteiger partial charge is 0.125 e. The van der Waals surface area contributed by atoms with Crippen molar-refractivity contribution in [2.24, 2.45) is 0 Å². The van der Waals surface area contributed by atoms with E-state index in [2.05, 4.69) is 10.3 Å². The first kappa shape index (κ1) is 13.5. The van der Waals surface area contributed by atoms with Crippen LogP contribution in [0.5, 0.6) is 5.75 Å². The second-order valence-corrected chi connectivity index (χ2v) is 4.08. The third-order valence-corrected chi connectivity index (χ3v) is 2.69. The summed E-state index contributed by atoms with van der Waals surface area (Å²) in [6, 6.07) is 7.35. The van der Waals surface area contributed by atoms with E-state index in [-0.39, 0.29) is 13.2 Å². The van der Waals surface area contributed by atoms with E-state index in [1.54, 1.807) is 6.20 Å². The van der Waals surface area contributed by atoms with Gasteiger partial charge in [0.2, 0.25) is 0 Å². The lowest BCUT2D eigenvalue weighted by Crippen LogP contribution is -2.11. The molecular weight excluding hydrogens is 246 g/mol. The molecule has 0 amide bonds. The Balaban J connectivity index is 2.12. The fraction of sp³-hybridized carbons (Fsp3) is 0.385. The number of rotatable bonds is 6. The molecule has 0 fully saturated rings. The Labute approximate surface area is 111 Å². The standard InChI is InChI=1S/C13H17N3O3/c1-2-19-13-6-4-3-5-11(13)12(18)8-16-7-10(9-17)14-15-16/h3-7,12,17-18H,2,8-9H2,1H3/t12-/m1/s1. The first-order valence-corrected chi connectivity index (χ1v) is 6.14. The van der Waals surface area contributed by atoms with E-state index in [0.717, 1.165) is 0 Å². The molecule has 2 N–H and O–H groups in total. The first-order valence-electron chi connectivity index (χ1n) is 6.14. The second kappa shape index (κ2) is 6.31. The van der Waals surface area contributed by atoms with Crippen molar-refractivity contribution in [3.05, 3.63) is 41.7 Å². The number of hydrogen-bond acceptors (Lipinski definition) is 5. The van der Waals surface area contributed by atoms with Crippen molar-refractivity contribution in [3.63, 3.8) is 0 Å². The molecule has 19 heavy (non-hydrogen) atoms. The van der Waals surface area contributed by atoms with Gasteiger partial charge in [-0.3, -0.25) is 0 Å². The van der Waals surface area contributed by atoms with E-state index in [0.29, 0.717) is 23.6 Å². The number of para-hydroxylation sites is 1. The number of aliphatic hydroxyl groups is 2. The van der Waals surface area contributed by atoms with Crippen molar-refractivity contribution >= 4 is 0 Å². The van der Waals surface area contributed by atoms with Gasteiger partial charge < -0.3 is 14.9 Å². The zero-order valence-electron chi connectivity index (χ0n) is 10.7. The summed E-state index contributed by atoms with van der Waals surface area (Å²) in [7, 11) is 0. The summed E-state index contributed by atoms with van der Waals surface area (Å²) in [5.74, 6) is 0.667.